The molecule has 37 heavy (non-hydrogen) atoms. The zero-order valence-electron chi connectivity index (χ0n) is 18.7. The van der Waals surface area contributed by atoms with E-state index < -0.39 is 28.4 Å². The SMILES string of the molecule is COc1c(Cl)cc(Cl)cc1/C(O)=C1\C(=O)C(=O)N(c2nc3ccc([N+](=O)[O-])cc3s2)C1c1ccccn1. The van der Waals surface area contributed by atoms with Crippen LogP contribution in [-0.2, 0) is 9.59 Å². The number of nitro benzene ring substituents is 1. The maximum Gasteiger partial charge on any atom is 0.301 e. The van der Waals surface area contributed by atoms with Crippen LogP contribution in [0.5, 0.6) is 5.75 Å². The molecule has 0 saturated carbocycles. The molecule has 1 aliphatic heterocycles. The molecule has 4 aromatic rings. The topological polar surface area (TPSA) is 136 Å². The first-order valence-electron chi connectivity index (χ1n) is 10.5. The van der Waals surface area contributed by atoms with Crippen molar-refractivity contribution >= 4 is 73.0 Å². The summed E-state index contributed by atoms with van der Waals surface area (Å²) < 4.78 is 5.76. The number of aliphatic hydroxyl groups excluding tert-OH is 1. The van der Waals surface area contributed by atoms with E-state index in [1.807, 2.05) is 0 Å². The van der Waals surface area contributed by atoms with Gasteiger partial charge in [0.15, 0.2) is 5.13 Å². The number of hydrogen-bond acceptors (Lipinski definition) is 9. The summed E-state index contributed by atoms with van der Waals surface area (Å²) in [5, 5.41) is 22.9. The molecule has 1 fully saturated rings. The molecule has 1 N–H and O–H groups in total. The van der Waals surface area contributed by atoms with Crippen LogP contribution in [0.15, 0.2) is 60.3 Å². The van der Waals surface area contributed by atoms with E-state index in [9.17, 15) is 24.8 Å². The minimum Gasteiger partial charge on any atom is -0.507 e. The number of fused-ring (bicyclic) bond motifs is 1. The fraction of sp³-hybridized carbons (Fsp3) is 0.0833. The molecular formula is C24H14Cl2N4O6S. The van der Waals surface area contributed by atoms with E-state index in [0.29, 0.717) is 10.2 Å². The molecule has 1 saturated heterocycles. The highest BCUT2D eigenvalue weighted by molar-refractivity contribution is 7.22. The number of anilines is 1. The van der Waals surface area contributed by atoms with Gasteiger partial charge in [0.05, 0.1) is 44.1 Å². The number of nitro groups is 1. The van der Waals surface area contributed by atoms with Crippen molar-refractivity contribution in [3.8, 4) is 5.75 Å². The van der Waals surface area contributed by atoms with Gasteiger partial charge in [0.2, 0.25) is 0 Å². The number of ether oxygens (including phenoxy) is 1. The number of non-ortho nitro benzene ring substituents is 1. The first-order valence-corrected chi connectivity index (χ1v) is 12.1. The number of benzene rings is 2. The Labute approximate surface area is 222 Å². The standard InChI is InChI=1S/C24H14Cl2N4O6S/c1-36-22-13(8-11(25)9-14(22)26)20(31)18-19(16-4-2-3-7-27-16)29(23(33)21(18)32)24-28-15-6-5-12(30(34)35)10-17(15)37-24/h2-10,19,31H,1H3/b20-18+. The van der Waals surface area contributed by atoms with Crippen molar-refractivity contribution in [2.75, 3.05) is 12.0 Å². The largest absolute Gasteiger partial charge is 0.507 e. The molecule has 2 aromatic carbocycles. The summed E-state index contributed by atoms with van der Waals surface area (Å²) in [7, 11) is 1.33. The summed E-state index contributed by atoms with van der Waals surface area (Å²) in [6.45, 7) is 0. The van der Waals surface area contributed by atoms with Crippen LogP contribution < -0.4 is 9.64 Å². The summed E-state index contributed by atoms with van der Waals surface area (Å²) in [6.07, 6.45) is 1.48. The fourth-order valence-electron chi connectivity index (χ4n) is 4.05. The minimum absolute atomic E-state index is 0.0128. The van der Waals surface area contributed by atoms with Crippen molar-refractivity contribution in [1.82, 2.24) is 9.97 Å². The molecule has 5 rings (SSSR count). The van der Waals surface area contributed by atoms with Gasteiger partial charge in [-0.25, -0.2) is 4.98 Å². The van der Waals surface area contributed by atoms with Crippen LogP contribution in [0.25, 0.3) is 16.0 Å². The molecule has 13 heteroatoms. The number of carbonyl (C=O) groups excluding carboxylic acids is 2. The van der Waals surface area contributed by atoms with Crippen molar-refractivity contribution in [2.24, 2.45) is 0 Å². The predicted molar refractivity (Wildman–Crippen MR) is 138 cm³/mol. The van der Waals surface area contributed by atoms with E-state index in [4.69, 9.17) is 27.9 Å². The maximum atomic E-state index is 13.4. The lowest BCUT2D eigenvalue weighted by atomic mass is 9.98. The highest BCUT2D eigenvalue weighted by atomic mass is 35.5. The first kappa shape index (κ1) is 24.6. The van der Waals surface area contributed by atoms with Gasteiger partial charge in [0.25, 0.3) is 11.5 Å². The van der Waals surface area contributed by atoms with Gasteiger partial charge in [0, 0.05) is 23.4 Å². The summed E-state index contributed by atoms with van der Waals surface area (Å²) in [5.74, 6) is -2.45. The molecule has 10 nitrogen and oxygen atoms in total. The highest BCUT2D eigenvalue weighted by Gasteiger charge is 2.49. The van der Waals surface area contributed by atoms with E-state index in [1.54, 1.807) is 18.2 Å². The Bertz CT molecular complexity index is 1640. The number of methoxy groups -OCH3 is 1. The van der Waals surface area contributed by atoms with Crippen LogP contribution in [0.3, 0.4) is 0 Å². The van der Waals surface area contributed by atoms with Crippen LogP contribution in [-0.4, -0.2) is 38.8 Å². The third kappa shape index (κ3) is 4.16. The smallest absolute Gasteiger partial charge is 0.301 e. The number of halogens is 2. The number of aromatic nitrogens is 2. The van der Waals surface area contributed by atoms with Gasteiger partial charge in [-0.05, 0) is 30.3 Å². The summed E-state index contributed by atoms with van der Waals surface area (Å²) >= 11 is 13.4. The van der Waals surface area contributed by atoms with Gasteiger partial charge in [0.1, 0.15) is 17.6 Å². The van der Waals surface area contributed by atoms with Crippen molar-refractivity contribution in [3.05, 3.63) is 91.7 Å². The molecule has 186 valence electrons. The lowest BCUT2D eigenvalue weighted by Gasteiger charge is -2.22. The second kappa shape index (κ2) is 9.43. The van der Waals surface area contributed by atoms with Crippen LogP contribution in [0.4, 0.5) is 10.8 Å². The van der Waals surface area contributed by atoms with Gasteiger partial charge in [-0.3, -0.25) is 29.6 Å². The van der Waals surface area contributed by atoms with Crippen LogP contribution >= 0.6 is 34.5 Å². The van der Waals surface area contributed by atoms with Crippen molar-refractivity contribution in [3.63, 3.8) is 0 Å². The molecule has 0 aliphatic carbocycles. The van der Waals surface area contributed by atoms with E-state index in [2.05, 4.69) is 9.97 Å². The number of pyridine rings is 1. The molecular weight excluding hydrogens is 543 g/mol. The Morgan fingerprint density at radius 1 is 1.19 bits per heavy atom. The molecule has 1 amide bonds. The Morgan fingerprint density at radius 3 is 2.65 bits per heavy atom. The Balaban J connectivity index is 1.75. The minimum atomic E-state index is -1.17. The molecule has 0 spiro atoms. The number of hydrogen-bond donors (Lipinski definition) is 1. The van der Waals surface area contributed by atoms with Crippen LogP contribution in [0, 0.1) is 10.1 Å². The quantitative estimate of drug-likeness (QED) is 0.111. The maximum absolute atomic E-state index is 13.4. The number of Topliss-reactive ketones (excluding diaryl/α,β-unsaturated/α-hetero) is 1. The monoisotopic (exact) mass is 556 g/mol. The number of thiazole rings is 1. The van der Waals surface area contributed by atoms with E-state index in [-0.39, 0.29) is 43.4 Å². The lowest BCUT2D eigenvalue weighted by molar-refractivity contribution is -0.384. The van der Waals surface area contributed by atoms with Gasteiger partial charge >= 0.3 is 5.91 Å². The Morgan fingerprint density at radius 2 is 1.97 bits per heavy atom. The Kier molecular flexibility index (Phi) is 6.28. The van der Waals surface area contributed by atoms with Gasteiger partial charge in [-0.1, -0.05) is 40.6 Å². The highest BCUT2D eigenvalue weighted by Crippen LogP contribution is 2.46. The molecule has 1 aliphatic rings. The van der Waals surface area contributed by atoms with E-state index >= 15 is 0 Å². The van der Waals surface area contributed by atoms with Crippen LogP contribution in [0.2, 0.25) is 10.0 Å². The van der Waals surface area contributed by atoms with Gasteiger partial charge < -0.3 is 9.84 Å². The van der Waals surface area contributed by atoms with Gasteiger partial charge in [-0.15, -0.1) is 0 Å². The molecule has 1 unspecified atom stereocenters. The van der Waals surface area contributed by atoms with Crippen molar-refractivity contribution < 1.29 is 24.4 Å². The normalized spacial score (nSPS) is 16.9. The average molecular weight is 557 g/mol. The third-order valence-corrected chi connectivity index (χ3v) is 7.17. The zero-order chi connectivity index (χ0) is 26.4. The second-order valence-corrected chi connectivity index (χ2v) is 9.65. The first-order chi connectivity index (χ1) is 17.7. The molecule has 3 heterocycles. The summed E-state index contributed by atoms with van der Waals surface area (Å²) in [6, 6.07) is 10.6. The number of amides is 1. The van der Waals surface area contributed by atoms with Crippen molar-refractivity contribution in [2.45, 2.75) is 6.04 Å². The average Bonchev–Trinajstić information content (AvgIpc) is 3.41. The van der Waals surface area contributed by atoms with Gasteiger partial charge in [-0.2, -0.15) is 0 Å². The van der Waals surface area contributed by atoms with Crippen molar-refractivity contribution in [1.29, 1.82) is 0 Å². The lowest BCUT2D eigenvalue weighted by Crippen LogP contribution is -2.29. The Hall–Kier alpha value is -4.06. The number of nitrogens with zero attached hydrogens (tertiary/aromatic N) is 4. The van der Waals surface area contributed by atoms with Crippen LogP contribution in [0.1, 0.15) is 17.3 Å². The number of rotatable bonds is 5. The van der Waals surface area contributed by atoms with E-state index in [0.717, 1.165) is 16.2 Å². The molecule has 1 atom stereocenters. The molecule has 0 bridgehead atoms. The van der Waals surface area contributed by atoms with E-state index in [1.165, 1.54) is 43.6 Å². The summed E-state index contributed by atoms with van der Waals surface area (Å²) in [5.41, 5.74) is 0.275. The fourth-order valence-corrected chi connectivity index (χ4v) is 5.65. The number of aliphatic hydroxyl groups is 1. The number of carbonyl (C=O) groups is 2. The second-order valence-electron chi connectivity index (χ2n) is 7.80. The molecule has 2 aromatic heterocycles. The summed E-state index contributed by atoms with van der Waals surface area (Å²) in [4.78, 5) is 47.2. The number of ketones is 1. The zero-order valence-corrected chi connectivity index (χ0v) is 21.0. The third-order valence-electron chi connectivity index (χ3n) is 5.66. The molecule has 0 radical (unpaired) electrons. The predicted octanol–water partition coefficient (Wildman–Crippen LogP) is 5.54.